The topological polar surface area (TPSA) is 26.0 Å². The lowest BCUT2D eigenvalue weighted by Gasteiger charge is -2.26. The molecular weight excluding hydrogens is 244 g/mol. The highest BCUT2D eigenvalue weighted by Gasteiger charge is 2.27. The van der Waals surface area contributed by atoms with Gasteiger partial charge in [0.25, 0.3) is 0 Å². The van der Waals surface area contributed by atoms with Gasteiger partial charge < -0.3 is 5.73 Å². The Morgan fingerprint density at radius 3 is 2.26 bits per heavy atom. The summed E-state index contributed by atoms with van der Waals surface area (Å²) in [4.78, 5) is 0. The number of rotatable bonds is 3. The van der Waals surface area contributed by atoms with E-state index >= 15 is 0 Å². The Morgan fingerprint density at radius 1 is 1.00 bits per heavy atom. The normalized spacial score (nSPS) is 14.2. The van der Waals surface area contributed by atoms with Crippen molar-refractivity contribution in [2.75, 3.05) is 0 Å². The maximum absolute atomic E-state index is 14.0. The fraction of sp³-hybridized carbons (Fsp3) is 0.250. The summed E-state index contributed by atoms with van der Waals surface area (Å²) in [6.07, 6.45) is 0.452. The minimum Gasteiger partial charge on any atom is -0.321 e. The Kier molecular flexibility index (Phi) is 3.67. The highest BCUT2D eigenvalue weighted by Crippen LogP contribution is 2.27. The molecule has 0 saturated heterocycles. The lowest BCUT2D eigenvalue weighted by molar-refractivity contribution is 0.427. The van der Waals surface area contributed by atoms with Gasteiger partial charge in [-0.25, -0.2) is 8.78 Å². The molecule has 3 heteroatoms. The van der Waals surface area contributed by atoms with Crippen LogP contribution in [0.25, 0.3) is 0 Å². The highest BCUT2D eigenvalue weighted by atomic mass is 19.2. The predicted molar refractivity (Wildman–Crippen MR) is 72.8 cm³/mol. The minimum absolute atomic E-state index is 0.208. The van der Waals surface area contributed by atoms with Crippen LogP contribution in [0.4, 0.5) is 8.78 Å². The molecule has 0 radical (unpaired) electrons. The Bertz CT molecular complexity index is 577. The second-order valence-corrected chi connectivity index (χ2v) is 5.14. The highest BCUT2D eigenvalue weighted by molar-refractivity contribution is 5.32. The van der Waals surface area contributed by atoms with E-state index < -0.39 is 17.2 Å². The van der Waals surface area contributed by atoms with Crippen molar-refractivity contribution in [2.45, 2.75) is 25.8 Å². The molecule has 0 spiro atoms. The molecule has 2 N–H and O–H groups in total. The van der Waals surface area contributed by atoms with Gasteiger partial charge in [0.2, 0.25) is 0 Å². The van der Waals surface area contributed by atoms with Crippen LogP contribution in [0.5, 0.6) is 0 Å². The average Bonchev–Trinajstić information content (AvgIpc) is 2.36. The molecule has 2 aromatic carbocycles. The van der Waals surface area contributed by atoms with Gasteiger partial charge in [-0.1, -0.05) is 42.5 Å². The smallest absolute Gasteiger partial charge is 0.164 e. The number of nitrogens with two attached hydrogens (primary N) is 1. The number of hydrogen-bond donors (Lipinski definition) is 1. The van der Waals surface area contributed by atoms with Crippen molar-refractivity contribution < 1.29 is 8.78 Å². The van der Waals surface area contributed by atoms with Crippen molar-refractivity contribution in [1.82, 2.24) is 0 Å². The number of halogens is 2. The summed E-state index contributed by atoms with van der Waals surface area (Å²) in [6.45, 7) is 3.25. The van der Waals surface area contributed by atoms with Crippen molar-refractivity contribution in [1.29, 1.82) is 0 Å². The summed E-state index contributed by atoms with van der Waals surface area (Å²) in [7, 11) is 0. The van der Waals surface area contributed by atoms with Gasteiger partial charge in [-0.3, -0.25) is 0 Å². The van der Waals surface area contributed by atoms with Crippen LogP contribution in [0, 0.1) is 18.6 Å². The fourth-order valence-corrected chi connectivity index (χ4v) is 2.20. The van der Waals surface area contributed by atoms with Gasteiger partial charge in [0.05, 0.1) is 0 Å². The van der Waals surface area contributed by atoms with Crippen LogP contribution in [-0.4, -0.2) is 0 Å². The second-order valence-electron chi connectivity index (χ2n) is 5.14. The SMILES string of the molecule is Cc1ccc(C(C)(N)Cc2ccccc2)c(F)c1F. The molecule has 0 fully saturated rings. The molecule has 0 aliphatic rings. The second kappa shape index (κ2) is 5.10. The van der Waals surface area contributed by atoms with Crippen LogP contribution in [0.1, 0.15) is 23.6 Å². The van der Waals surface area contributed by atoms with Gasteiger partial charge >= 0.3 is 0 Å². The maximum atomic E-state index is 14.0. The zero-order valence-corrected chi connectivity index (χ0v) is 11.1. The Hall–Kier alpha value is -1.74. The summed E-state index contributed by atoms with van der Waals surface area (Å²) in [6, 6.07) is 12.7. The van der Waals surface area contributed by atoms with Crippen LogP contribution >= 0.6 is 0 Å². The molecular formula is C16H17F2N. The number of aryl methyl sites for hydroxylation is 1. The van der Waals surface area contributed by atoms with Crippen LogP contribution < -0.4 is 5.73 Å². The van der Waals surface area contributed by atoms with Gasteiger partial charge in [0.1, 0.15) is 0 Å². The zero-order valence-electron chi connectivity index (χ0n) is 11.1. The van der Waals surface area contributed by atoms with Gasteiger partial charge in [-0.05, 0) is 31.4 Å². The first kappa shape index (κ1) is 13.7. The van der Waals surface area contributed by atoms with Gasteiger partial charge in [-0.2, -0.15) is 0 Å². The van der Waals surface area contributed by atoms with Gasteiger partial charge in [0, 0.05) is 11.1 Å². The third kappa shape index (κ3) is 2.82. The average molecular weight is 261 g/mol. The maximum Gasteiger partial charge on any atom is 0.164 e. The molecule has 0 aromatic heterocycles. The summed E-state index contributed by atoms with van der Waals surface area (Å²) in [5.41, 5.74) is 6.73. The van der Waals surface area contributed by atoms with E-state index in [4.69, 9.17) is 5.73 Å². The molecule has 1 atom stereocenters. The third-order valence-corrected chi connectivity index (χ3v) is 3.30. The first-order valence-electron chi connectivity index (χ1n) is 6.20. The van der Waals surface area contributed by atoms with Crippen molar-refractivity contribution in [2.24, 2.45) is 5.73 Å². The van der Waals surface area contributed by atoms with E-state index in [1.165, 1.54) is 6.92 Å². The summed E-state index contributed by atoms with van der Waals surface area (Å²) in [5.74, 6) is -1.66. The lowest BCUT2D eigenvalue weighted by atomic mass is 9.85. The molecule has 0 bridgehead atoms. The molecule has 2 aromatic rings. The monoisotopic (exact) mass is 261 g/mol. The molecule has 0 amide bonds. The van der Waals surface area contributed by atoms with E-state index in [0.29, 0.717) is 6.42 Å². The number of benzene rings is 2. The van der Waals surface area contributed by atoms with Crippen LogP contribution in [0.3, 0.4) is 0 Å². The number of hydrogen-bond acceptors (Lipinski definition) is 1. The molecule has 0 saturated carbocycles. The first-order valence-corrected chi connectivity index (χ1v) is 6.20. The standard InChI is InChI=1S/C16H17F2N/c1-11-8-9-13(15(18)14(11)17)16(2,19)10-12-6-4-3-5-7-12/h3-9H,10,19H2,1-2H3. The quantitative estimate of drug-likeness (QED) is 0.896. The summed E-state index contributed by atoms with van der Waals surface area (Å²) < 4.78 is 27.6. The van der Waals surface area contributed by atoms with Gasteiger partial charge in [0.15, 0.2) is 11.6 Å². The molecule has 1 nitrogen and oxygen atoms in total. The predicted octanol–water partition coefficient (Wildman–Crippen LogP) is 3.69. The van der Waals surface area contributed by atoms with E-state index in [9.17, 15) is 8.78 Å². The molecule has 100 valence electrons. The van der Waals surface area contributed by atoms with E-state index in [1.54, 1.807) is 19.1 Å². The third-order valence-electron chi connectivity index (χ3n) is 3.30. The van der Waals surface area contributed by atoms with Gasteiger partial charge in [-0.15, -0.1) is 0 Å². The zero-order chi connectivity index (χ0) is 14.0. The lowest BCUT2D eigenvalue weighted by Crippen LogP contribution is -2.36. The molecule has 2 rings (SSSR count). The Morgan fingerprint density at radius 2 is 1.63 bits per heavy atom. The molecule has 1 unspecified atom stereocenters. The van der Waals surface area contributed by atoms with E-state index in [2.05, 4.69) is 0 Å². The minimum atomic E-state index is -0.944. The van der Waals surface area contributed by atoms with Crippen LogP contribution in [0.15, 0.2) is 42.5 Å². The van der Waals surface area contributed by atoms with Crippen molar-refractivity contribution in [3.05, 3.63) is 70.8 Å². The summed E-state index contributed by atoms with van der Waals surface area (Å²) in [5, 5.41) is 0. The van der Waals surface area contributed by atoms with E-state index in [-0.39, 0.29) is 11.1 Å². The van der Waals surface area contributed by atoms with Crippen molar-refractivity contribution >= 4 is 0 Å². The molecule has 0 aliphatic heterocycles. The van der Waals surface area contributed by atoms with Crippen LogP contribution in [-0.2, 0) is 12.0 Å². The van der Waals surface area contributed by atoms with E-state index in [0.717, 1.165) is 5.56 Å². The molecule has 0 aliphatic carbocycles. The fourth-order valence-electron chi connectivity index (χ4n) is 2.20. The summed E-state index contributed by atoms with van der Waals surface area (Å²) >= 11 is 0. The largest absolute Gasteiger partial charge is 0.321 e. The van der Waals surface area contributed by atoms with Crippen LogP contribution in [0.2, 0.25) is 0 Å². The van der Waals surface area contributed by atoms with Crippen molar-refractivity contribution in [3.63, 3.8) is 0 Å². The molecule has 0 heterocycles. The van der Waals surface area contributed by atoms with Crippen molar-refractivity contribution in [3.8, 4) is 0 Å². The first-order chi connectivity index (χ1) is 8.92. The Balaban J connectivity index is 2.37. The Labute approximate surface area is 112 Å². The molecule has 19 heavy (non-hydrogen) atoms. The van der Waals surface area contributed by atoms with E-state index in [1.807, 2.05) is 30.3 Å².